The first-order chi connectivity index (χ1) is 8.56. The van der Waals surface area contributed by atoms with Crippen LogP contribution in [-0.4, -0.2) is 16.5 Å². The molecule has 0 aliphatic carbocycles. The van der Waals surface area contributed by atoms with Crippen molar-refractivity contribution in [1.29, 1.82) is 0 Å². The average Bonchev–Trinajstić information content (AvgIpc) is 2.39. The number of hydrogen-bond donors (Lipinski definition) is 2. The molecule has 0 aliphatic heterocycles. The van der Waals surface area contributed by atoms with E-state index in [0.717, 1.165) is 17.3 Å². The molecule has 4 nitrogen and oxygen atoms in total. The molecule has 3 N–H and O–H groups in total. The zero-order valence-corrected chi connectivity index (χ0v) is 12.3. The van der Waals surface area contributed by atoms with Gasteiger partial charge in [0, 0.05) is 5.33 Å². The Hall–Kier alpha value is -0.910. The summed E-state index contributed by atoms with van der Waals surface area (Å²) in [7, 11) is 0. The molecule has 1 aromatic carbocycles. The van der Waals surface area contributed by atoms with Crippen LogP contribution in [0.25, 0.3) is 0 Å². The monoisotopic (exact) mass is 317 g/mol. The highest BCUT2D eigenvalue weighted by molar-refractivity contribution is 9.09. The van der Waals surface area contributed by atoms with Crippen molar-refractivity contribution in [1.82, 2.24) is 0 Å². The van der Waals surface area contributed by atoms with Crippen LogP contribution in [0.3, 0.4) is 0 Å². The fourth-order valence-electron chi connectivity index (χ4n) is 1.26. The van der Waals surface area contributed by atoms with Crippen LogP contribution >= 0.6 is 15.9 Å². The Morgan fingerprint density at radius 1 is 1.33 bits per heavy atom. The third-order valence-corrected chi connectivity index (χ3v) is 2.88. The first kappa shape index (κ1) is 17.1. The number of hydrogen-bond acceptors (Lipinski definition) is 4. The van der Waals surface area contributed by atoms with Crippen LogP contribution in [0.2, 0.25) is 0 Å². The second-order valence-electron chi connectivity index (χ2n) is 4.38. The molecule has 0 unspecified atom stereocenters. The lowest BCUT2D eigenvalue weighted by Crippen LogP contribution is -2.26. The van der Waals surface area contributed by atoms with Gasteiger partial charge in [-0.2, -0.15) is 0 Å². The number of benzene rings is 1. The van der Waals surface area contributed by atoms with E-state index in [1.807, 2.05) is 44.2 Å². The van der Waals surface area contributed by atoms with Crippen LogP contribution in [0.5, 0.6) is 0 Å². The molecular weight excluding hydrogens is 298 g/mol. The van der Waals surface area contributed by atoms with Crippen molar-refractivity contribution in [2.75, 3.05) is 5.33 Å². The molecule has 0 amide bonds. The van der Waals surface area contributed by atoms with Crippen molar-refractivity contribution >= 4 is 21.9 Å². The van der Waals surface area contributed by atoms with Gasteiger partial charge >= 0.3 is 5.97 Å². The number of ether oxygens (including phenoxy) is 1. The Balaban J connectivity index is 0.00000137. The van der Waals surface area contributed by atoms with Gasteiger partial charge in [-0.15, -0.1) is 0 Å². The minimum Gasteiger partial charge on any atom is -0.460 e. The predicted octanol–water partition coefficient (Wildman–Crippen LogP) is 2.88. The molecule has 0 aromatic heterocycles. The van der Waals surface area contributed by atoms with Crippen molar-refractivity contribution in [2.45, 2.75) is 26.9 Å². The number of alkyl halides is 1. The highest BCUT2D eigenvalue weighted by Crippen LogP contribution is 2.23. The van der Waals surface area contributed by atoms with E-state index in [1.165, 1.54) is 0 Å². The van der Waals surface area contributed by atoms with E-state index in [-0.39, 0.29) is 5.97 Å². The van der Waals surface area contributed by atoms with E-state index in [9.17, 15) is 4.79 Å². The lowest BCUT2D eigenvalue weighted by molar-refractivity contribution is -0.155. The summed E-state index contributed by atoms with van der Waals surface area (Å²) in [6.45, 7) is 4.16. The molecular formula is C13H20BrNO3. The van der Waals surface area contributed by atoms with Crippen LogP contribution < -0.4 is 5.90 Å². The van der Waals surface area contributed by atoms with Gasteiger partial charge in [-0.3, -0.25) is 4.79 Å². The standard InChI is InChI=1S/C13H17BrO2.H3NO/c1-13(2,8-9-14)12(15)16-10-11-6-4-3-5-7-11;1-2/h3-7H,8-10H2,1-2H3;2H,1H2. The summed E-state index contributed by atoms with van der Waals surface area (Å²) in [6, 6.07) is 9.72. The van der Waals surface area contributed by atoms with Crippen LogP contribution in [0.4, 0.5) is 0 Å². The third kappa shape index (κ3) is 6.14. The highest BCUT2D eigenvalue weighted by Gasteiger charge is 2.28. The maximum atomic E-state index is 11.8. The SMILES string of the molecule is CC(C)(CCBr)C(=O)OCc1ccccc1.NO. The molecule has 1 aromatic rings. The van der Waals surface area contributed by atoms with Gasteiger partial charge in [0.2, 0.25) is 0 Å². The van der Waals surface area contributed by atoms with Gasteiger partial charge in [0.05, 0.1) is 5.41 Å². The summed E-state index contributed by atoms with van der Waals surface area (Å²) in [5.74, 6) is 3.36. The lowest BCUT2D eigenvalue weighted by atomic mass is 9.91. The van der Waals surface area contributed by atoms with Crippen LogP contribution in [0, 0.1) is 5.41 Å². The molecule has 0 saturated heterocycles. The van der Waals surface area contributed by atoms with E-state index in [4.69, 9.17) is 9.94 Å². The smallest absolute Gasteiger partial charge is 0.311 e. The first-order valence-electron chi connectivity index (χ1n) is 5.59. The summed E-state index contributed by atoms with van der Waals surface area (Å²) in [6.07, 6.45) is 0.778. The molecule has 0 fully saturated rings. The summed E-state index contributed by atoms with van der Waals surface area (Å²) < 4.78 is 5.29. The minimum atomic E-state index is -0.418. The van der Waals surface area contributed by atoms with Gasteiger partial charge in [-0.25, -0.2) is 5.90 Å². The van der Waals surface area contributed by atoms with Crippen LogP contribution in [0.15, 0.2) is 30.3 Å². The predicted molar refractivity (Wildman–Crippen MR) is 74.4 cm³/mol. The third-order valence-electron chi connectivity index (χ3n) is 2.48. The molecule has 18 heavy (non-hydrogen) atoms. The number of rotatable bonds is 5. The van der Waals surface area contributed by atoms with E-state index in [2.05, 4.69) is 21.8 Å². The van der Waals surface area contributed by atoms with E-state index in [0.29, 0.717) is 6.61 Å². The van der Waals surface area contributed by atoms with Crippen molar-refractivity contribution in [2.24, 2.45) is 11.3 Å². The van der Waals surface area contributed by atoms with Gasteiger partial charge in [-0.1, -0.05) is 46.3 Å². The molecule has 0 aliphatic rings. The topological polar surface area (TPSA) is 72.5 Å². The van der Waals surface area contributed by atoms with Crippen molar-refractivity contribution < 1.29 is 14.7 Å². The molecule has 102 valence electrons. The van der Waals surface area contributed by atoms with Crippen LogP contribution in [0.1, 0.15) is 25.8 Å². The Morgan fingerprint density at radius 2 is 1.89 bits per heavy atom. The molecule has 1 rings (SSSR count). The fourth-order valence-corrected chi connectivity index (χ4v) is 2.25. The Morgan fingerprint density at radius 3 is 2.39 bits per heavy atom. The fraction of sp³-hybridized carbons (Fsp3) is 0.462. The highest BCUT2D eigenvalue weighted by atomic mass is 79.9. The average molecular weight is 318 g/mol. The van der Waals surface area contributed by atoms with Gasteiger partial charge in [0.15, 0.2) is 0 Å². The number of nitrogens with two attached hydrogens (primary N) is 1. The van der Waals surface area contributed by atoms with Gasteiger partial charge < -0.3 is 9.94 Å². The molecule has 0 atom stereocenters. The lowest BCUT2D eigenvalue weighted by Gasteiger charge is -2.21. The molecule has 0 radical (unpaired) electrons. The second-order valence-corrected chi connectivity index (χ2v) is 5.18. The van der Waals surface area contributed by atoms with Crippen molar-refractivity contribution in [3.8, 4) is 0 Å². The molecule has 0 saturated carbocycles. The molecule has 0 spiro atoms. The molecule has 5 heteroatoms. The largest absolute Gasteiger partial charge is 0.460 e. The van der Waals surface area contributed by atoms with E-state index < -0.39 is 5.41 Å². The van der Waals surface area contributed by atoms with Gasteiger partial charge in [0.1, 0.15) is 6.61 Å². The number of carbonyl (C=O) groups excluding carboxylic acids is 1. The van der Waals surface area contributed by atoms with Crippen LogP contribution in [-0.2, 0) is 16.1 Å². The number of esters is 1. The zero-order chi connectivity index (χ0) is 14.0. The van der Waals surface area contributed by atoms with Gasteiger partial charge in [0.25, 0.3) is 0 Å². The summed E-state index contributed by atoms with van der Waals surface area (Å²) >= 11 is 3.34. The second kappa shape index (κ2) is 9.08. The maximum absolute atomic E-state index is 11.8. The number of carbonyl (C=O) groups is 1. The Bertz CT molecular complexity index is 341. The minimum absolute atomic E-state index is 0.143. The van der Waals surface area contributed by atoms with E-state index >= 15 is 0 Å². The summed E-state index contributed by atoms with van der Waals surface area (Å²) in [4.78, 5) is 11.8. The zero-order valence-electron chi connectivity index (χ0n) is 10.7. The number of halogens is 1. The van der Waals surface area contributed by atoms with Gasteiger partial charge in [-0.05, 0) is 25.8 Å². The Labute approximate surface area is 116 Å². The molecule has 0 bridgehead atoms. The Kier molecular flexibility index (Phi) is 8.62. The van der Waals surface area contributed by atoms with Crippen molar-refractivity contribution in [3.05, 3.63) is 35.9 Å². The molecule has 0 heterocycles. The summed E-state index contributed by atoms with van der Waals surface area (Å²) in [5.41, 5.74) is 0.601. The first-order valence-corrected chi connectivity index (χ1v) is 6.71. The normalized spacial score (nSPS) is 10.3. The maximum Gasteiger partial charge on any atom is 0.311 e. The van der Waals surface area contributed by atoms with Crippen molar-refractivity contribution in [3.63, 3.8) is 0 Å². The van der Waals surface area contributed by atoms with E-state index in [1.54, 1.807) is 0 Å². The summed E-state index contributed by atoms with van der Waals surface area (Å²) in [5, 5.41) is 7.31. The quantitative estimate of drug-likeness (QED) is 0.497.